The van der Waals surface area contributed by atoms with Crippen LogP contribution in [0.5, 0.6) is 5.75 Å². The van der Waals surface area contributed by atoms with Gasteiger partial charge >= 0.3 is 0 Å². The molecule has 5 nitrogen and oxygen atoms in total. The van der Waals surface area contributed by atoms with E-state index in [0.717, 1.165) is 6.07 Å². The molecule has 1 unspecified atom stereocenters. The first-order valence-corrected chi connectivity index (χ1v) is 9.75. The average Bonchev–Trinajstić information content (AvgIpc) is 3.04. The van der Waals surface area contributed by atoms with Gasteiger partial charge in [-0.15, -0.1) is 0 Å². The molecule has 1 aliphatic rings. The molecule has 1 fully saturated rings. The number of para-hydroxylation sites is 1. The van der Waals surface area contributed by atoms with Gasteiger partial charge < -0.3 is 9.84 Å². The first kappa shape index (κ1) is 20.6. The summed E-state index contributed by atoms with van der Waals surface area (Å²) in [6.07, 6.45) is 0. The average molecular weight is 438 g/mol. The molecule has 3 aromatic carbocycles. The van der Waals surface area contributed by atoms with Crippen molar-refractivity contribution in [3.63, 3.8) is 0 Å². The van der Waals surface area contributed by atoms with Crippen molar-refractivity contribution in [2.75, 3.05) is 12.0 Å². The van der Waals surface area contributed by atoms with E-state index in [2.05, 4.69) is 0 Å². The molecular weight excluding hydrogens is 421 g/mol. The van der Waals surface area contributed by atoms with Gasteiger partial charge in [-0.3, -0.25) is 14.5 Å². The minimum absolute atomic E-state index is 0.124. The maximum atomic E-state index is 13.9. The minimum Gasteiger partial charge on any atom is -0.507 e. The molecule has 156 valence electrons. The maximum absolute atomic E-state index is 13.9. The number of Topliss-reactive ketones (excluding diaryl/α,β-unsaturated/α-hetero) is 1. The van der Waals surface area contributed by atoms with Gasteiger partial charge in [0.15, 0.2) is 0 Å². The van der Waals surface area contributed by atoms with Crippen LogP contribution in [-0.2, 0) is 9.59 Å². The van der Waals surface area contributed by atoms with Crippen molar-refractivity contribution >= 4 is 34.7 Å². The second-order valence-corrected chi connectivity index (χ2v) is 7.34. The van der Waals surface area contributed by atoms with E-state index in [1.165, 1.54) is 30.2 Å². The van der Waals surface area contributed by atoms with Crippen molar-refractivity contribution in [2.45, 2.75) is 6.04 Å². The zero-order valence-electron chi connectivity index (χ0n) is 16.4. The fourth-order valence-corrected chi connectivity index (χ4v) is 3.80. The van der Waals surface area contributed by atoms with E-state index in [4.69, 9.17) is 16.3 Å². The highest BCUT2D eigenvalue weighted by atomic mass is 35.5. The smallest absolute Gasteiger partial charge is 0.300 e. The molecule has 0 bridgehead atoms. The first-order valence-electron chi connectivity index (χ1n) is 9.38. The number of aliphatic hydroxyl groups excluding tert-OH is 1. The summed E-state index contributed by atoms with van der Waals surface area (Å²) < 4.78 is 19.2. The van der Waals surface area contributed by atoms with Crippen LogP contribution in [-0.4, -0.2) is 23.9 Å². The molecule has 0 saturated carbocycles. The van der Waals surface area contributed by atoms with E-state index in [0.29, 0.717) is 16.3 Å². The van der Waals surface area contributed by atoms with Crippen molar-refractivity contribution in [3.8, 4) is 5.75 Å². The maximum Gasteiger partial charge on any atom is 0.300 e. The van der Waals surface area contributed by atoms with Crippen LogP contribution >= 0.6 is 11.6 Å². The van der Waals surface area contributed by atoms with Crippen LogP contribution in [0.4, 0.5) is 10.1 Å². The number of methoxy groups -OCH3 is 1. The predicted molar refractivity (Wildman–Crippen MR) is 116 cm³/mol. The van der Waals surface area contributed by atoms with E-state index >= 15 is 0 Å². The van der Waals surface area contributed by atoms with Crippen LogP contribution in [0.3, 0.4) is 0 Å². The van der Waals surface area contributed by atoms with E-state index < -0.39 is 23.5 Å². The number of hydrogen-bond donors (Lipinski definition) is 1. The normalized spacial score (nSPS) is 17.8. The van der Waals surface area contributed by atoms with Gasteiger partial charge in [0.25, 0.3) is 11.7 Å². The highest BCUT2D eigenvalue weighted by molar-refractivity contribution is 6.51. The van der Waals surface area contributed by atoms with Crippen molar-refractivity contribution in [2.24, 2.45) is 0 Å². The summed E-state index contributed by atoms with van der Waals surface area (Å²) in [7, 11) is 1.44. The molecule has 0 spiro atoms. The molecule has 1 N–H and O–H groups in total. The van der Waals surface area contributed by atoms with Crippen LogP contribution in [0.15, 0.2) is 78.4 Å². The van der Waals surface area contributed by atoms with E-state index in [-0.39, 0.29) is 22.6 Å². The number of rotatable bonds is 4. The van der Waals surface area contributed by atoms with Gasteiger partial charge in [0.1, 0.15) is 17.3 Å². The molecule has 3 aromatic rings. The Morgan fingerprint density at radius 3 is 2.42 bits per heavy atom. The molecule has 1 saturated heterocycles. The number of hydrogen-bond acceptors (Lipinski definition) is 4. The Morgan fingerprint density at radius 1 is 1.03 bits per heavy atom. The van der Waals surface area contributed by atoms with Crippen molar-refractivity contribution in [1.29, 1.82) is 0 Å². The van der Waals surface area contributed by atoms with Gasteiger partial charge in [0.05, 0.1) is 24.3 Å². The van der Waals surface area contributed by atoms with Gasteiger partial charge in [-0.2, -0.15) is 0 Å². The fraction of sp³-hybridized carbons (Fsp3) is 0.0833. The summed E-state index contributed by atoms with van der Waals surface area (Å²) >= 11 is 6.01. The second-order valence-electron chi connectivity index (χ2n) is 6.90. The molecule has 1 amide bonds. The Balaban J connectivity index is 1.98. The quantitative estimate of drug-likeness (QED) is 0.350. The summed E-state index contributed by atoms with van der Waals surface area (Å²) in [6.45, 7) is 0. The van der Waals surface area contributed by atoms with Gasteiger partial charge in [-0.1, -0.05) is 41.9 Å². The molecule has 0 aliphatic carbocycles. The highest BCUT2D eigenvalue weighted by Gasteiger charge is 2.47. The lowest BCUT2D eigenvalue weighted by Gasteiger charge is -2.25. The van der Waals surface area contributed by atoms with Crippen molar-refractivity contribution < 1.29 is 23.8 Å². The lowest BCUT2D eigenvalue weighted by atomic mass is 9.95. The Bertz CT molecular complexity index is 1210. The molecule has 7 heteroatoms. The molecule has 1 aliphatic heterocycles. The second kappa shape index (κ2) is 8.24. The Hall–Kier alpha value is -3.64. The van der Waals surface area contributed by atoms with E-state index in [1.54, 1.807) is 48.5 Å². The van der Waals surface area contributed by atoms with Crippen molar-refractivity contribution in [1.82, 2.24) is 0 Å². The molecule has 1 atom stereocenters. The zero-order valence-corrected chi connectivity index (χ0v) is 17.1. The number of nitrogens with zero attached hydrogens (tertiary/aromatic N) is 1. The molecule has 0 radical (unpaired) electrons. The highest BCUT2D eigenvalue weighted by Crippen LogP contribution is 2.43. The third-order valence-corrected chi connectivity index (χ3v) is 5.33. The number of aliphatic hydroxyl groups is 1. The molecule has 0 aromatic heterocycles. The minimum atomic E-state index is -0.982. The monoisotopic (exact) mass is 437 g/mol. The number of halogens is 2. The van der Waals surface area contributed by atoms with Crippen LogP contribution in [0.1, 0.15) is 17.2 Å². The molecule has 4 rings (SSSR count). The van der Waals surface area contributed by atoms with Crippen LogP contribution < -0.4 is 9.64 Å². The predicted octanol–water partition coefficient (Wildman–Crippen LogP) is 5.11. The van der Waals surface area contributed by atoms with Crippen molar-refractivity contribution in [3.05, 3.63) is 100 Å². The lowest BCUT2D eigenvalue weighted by molar-refractivity contribution is -0.132. The summed E-state index contributed by atoms with van der Waals surface area (Å²) in [4.78, 5) is 27.3. The largest absolute Gasteiger partial charge is 0.507 e. The van der Waals surface area contributed by atoms with Gasteiger partial charge in [-0.05, 0) is 48.0 Å². The van der Waals surface area contributed by atoms with Gasteiger partial charge in [0, 0.05) is 10.7 Å². The van der Waals surface area contributed by atoms with Gasteiger partial charge in [-0.25, -0.2) is 4.39 Å². The number of carbonyl (C=O) groups is 2. The number of carbonyl (C=O) groups excluding carboxylic acids is 2. The topological polar surface area (TPSA) is 66.8 Å². The first-order chi connectivity index (χ1) is 14.9. The third-order valence-electron chi connectivity index (χ3n) is 5.08. The lowest BCUT2D eigenvalue weighted by Crippen LogP contribution is -2.29. The van der Waals surface area contributed by atoms with Crippen LogP contribution in [0, 0.1) is 5.82 Å². The number of amides is 1. The summed E-state index contributed by atoms with van der Waals surface area (Å²) in [5, 5.41) is 11.6. The van der Waals surface area contributed by atoms with Crippen LogP contribution in [0.2, 0.25) is 5.02 Å². The number of ether oxygens (including phenoxy) is 1. The fourth-order valence-electron chi connectivity index (χ4n) is 3.67. The Kier molecular flexibility index (Phi) is 5.48. The Morgan fingerprint density at radius 2 is 1.74 bits per heavy atom. The number of ketones is 1. The van der Waals surface area contributed by atoms with Crippen LogP contribution in [0.25, 0.3) is 5.76 Å². The molecular formula is C24H17ClFNO4. The zero-order chi connectivity index (χ0) is 22.1. The standard InChI is InChI=1S/C24H17ClFNO4/c1-31-19-8-3-2-7-18(19)22(28)20-21(14-9-11-15(25)12-10-14)27(24(30)23(20)29)17-6-4-5-16(26)13-17/h2-13,21,28H,1H3/b22-20+. The summed E-state index contributed by atoms with van der Waals surface area (Å²) in [5.74, 6) is -2.35. The Labute approximate surface area is 182 Å². The van der Waals surface area contributed by atoms with E-state index in [9.17, 15) is 19.1 Å². The number of benzene rings is 3. The third kappa shape index (κ3) is 3.66. The molecule has 31 heavy (non-hydrogen) atoms. The SMILES string of the molecule is COc1ccccc1/C(O)=C1\C(=O)C(=O)N(c2cccc(F)c2)C1c1ccc(Cl)cc1. The van der Waals surface area contributed by atoms with E-state index in [1.807, 2.05) is 0 Å². The summed E-state index contributed by atoms with van der Waals surface area (Å²) in [6, 6.07) is 17.6. The van der Waals surface area contributed by atoms with Gasteiger partial charge in [0.2, 0.25) is 0 Å². The molecule has 1 heterocycles. The summed E-state index contributed by atoms with van der Waals surface area (Å²) in [5.41, 5.74) is 0.868. The number of anilines is 1.